The van der Waals surface area contributed by atoms with Crippen LogP contribution in [0.3, 0.4) is 0 Å². The number of nitrogens with zero attached hydrogens (tertiary/aromatic N) is 6. The highest BCUT2D eigenvalue weighted by atomic mass is 32.2. The third kappa shape index (κ3) is 5.20. The van der Waals surface area contributed by atoms with Crippen molar-refractivity contribution in [3.05, 3.63) is 60.4 Å². The molecule has 10 heteroatoms. The van der Waals surface area contributed by atoms with Crippen LogP contribution in [-0.2, 0) is 16.6 Å². The summed E-state index contributed by atoms with van der Waals surface area (Å²) in [6.07, 6.45) is 1.97. The van der Waals surface area contributed by atoms with Crippen molar-refractivity contribution in [1.82, 2.24) is 24.9 Å². The summed E-state index contributed by atoms with van der Waals surface area (Å²) in [5, 5.41) is 8.02. The van der Waals surface area contributed by atoms with Crippen molar-refractivity contribution >= 4 is 21.7 Å². The van der Waals surface area contributed by atoms with E-state index in [1.165, 1.54) is 0 Å². The van der Waals surface area contributed by atoms with Crippen LogP contribution in [0.1, 0.15) is 19.5 Å². The molecule has 3 heterocycles. The molecule has 0 bridgehead atoms. The molecule has 2 aromatic heterocycles. The van der Waals surface area contributed by atoms with Gasteiger partial charge in [-0.3, -0.25) is 9.62 Å². The SMILES string of the molecule is CC(C)S(=O)(=O)Nc1cccc(N2CCN(Cc3cn(-c4ccccc4)nn3)CC2)n1. The minimum atomic E-state index is -3.41. The van der Waals surface area contributed by atoms with Gasteiger partial charge in [0, 0.05) is 32.7 Å². The lowest BCUT2D eigenvalue weighted by Gasteiger charge is -2.35. The minimum Gasteiger partial charge on any atom is -0.354 e. The van der Waals surface area contributed by atoms with Gasteiger partial charge in [0.1, 0.15) is 11.6 Å². The highest BCUT2D eigenvalue weighted by Gasteiger charge is 2.21. The second-order valence-corrected chi connectivity index (χ2v) is 10.1. The molecule has 1 fully saturated rings. The normalized spacial score (nSPS) is 15.4. The highest BCUT2D eigenvalue weighted by Crippen LogP contribution is 2.18. The Morgan fingerprint density at radius 2 is 1.74 bits per heavy atom. The average Bonchev–Trinajstić information content (AvgIpc) is 3.23. The number of anilines is 2. The molecule has 9 nitrogen and oxygen atoms in total. The molecule has 0 aliphatic carbocycles. The van der Waals surface area contributed by atoms with E-state index in [0.717, 1.165) is 49.9 Å². The second-order valence-electron chi connectivity index (χ2n) is 7.83. The van der Waals surface area contributed by atoms with E-state index < -0.39 is 15.3 Å². The Morgan fingerprint density at radius 1 is 1.00 bits per heavy atom. The number of hydrogen-bond donors (Lipinski definition) is 1. The van der Waals surface area contributed by atoms with Crippen LogP contribution in [0.25, 0.3) is 5.69 Å². The smallest absolute Gasteiger partial charge is 0.236 e. The molecule has 1 aliphatic heterocycles. The first-order chi connectivity index (χ1) is 14.9. The predicted octanol–water partition coefficient (Wildman–Crippen LogP) is 2.13. The van der Waals surface area contributed by atoms with Crippen molar-refractivity contribution in [2.24, 2.45) is 0 Å². The van der Waals surface area contributed by atoms with Crippen molar-refractivity contribution in [2.45, 2.75) is 25.6 Å². The standard InChI is InChI=1S/C21H27N7O2S/c1-17(2)31(29,30)24-20-9-6-10-21(22-20)27-13-11-26(12-14-27)15-18-16-28(25-23-18)19-7-4-3-5-8-19/h3-10,16-17H,11-15H2,1-2H3,(H,22,24). The van der Waals surface area contributed by atoms with Crippen LogP contribution in [0.2, 0.25) is 0 Å². The summed E-state index contributed by atoms with van der Waals surface area (Å²) < 4.78 is 28.6. The van der Waals surface area contributed by atoms with Gasteiger partial charge in [-0.05, 0) is 38.1 Å². The molecule has 1 N–H and O–H groups in total. The van der Waals surface area contributed by atoms with E-state index in [4.69, 9.17) is 0 Å². The number of piperazine rings is 1. The van der Waals surface area contributed by atoms with Gasteiger partial charge >= 0.3 is 0 Å². The zero-order valence-corrected chi connectivity index (χ0v) is 18.5. The predicted molar refractivity (Wildman–Crippen MR) is 121 cm³/mol. The summed E-state index contributed by atoms with van der Waals surface area (Å²) in [7, 11) is -3.41. The maximum Gasteiger partial charge on any atom is 0.236 e. The first-order valence-electron chi connectivity index (χ1n) is 10.3. The lowest BCUT2D eigenvalue weighted by atomic mass is 10.3. The Labute approximate surface area is 182 Å². The number of nitrogens with one attached hydrogen (secondary N) is 1. The largest absolute Gasteiger partial charge is 0.354 e. The van der Waals surface area contributed by atoms with Crippen LogP contribution >= 0.6 is 0 Å². The topological polar surface area (TPSA) is 96.2 Å². The van der Waals surface area contributed by atoms with Crippen LogP contribution in [0.4, 0.5) is 11.6 Å². The first-order valence-corrected chi connectivity index (χ1v) is 11.9. The summed E-state index contributed by atoms with van der Waals surface area (Å²) in [6, 6.07) is 15.3. The van der Waals surface area contributed by atoms with Crippen molar-refractivity contribution in [3.8, 4) is 5.69 Å². The number of hydrogen-bond acceptors (Lipinski definition) is 7. The highest BCUT2D eigenvalue weighted by molar-refractivity contribution is 7.93. The van der Waals surface area contributed by atoms with Gasteiger partial charge in [0.15, 0.2) is 0 Å². The monoisotopic (exact) mass is 441 g/mol. The van der Waals surface area contributed by atoms with E-state index in [1.807, 2.05) is 48.7 Å². The number of aromatic nitrogens is 4. The summed E-state index contributed by atoms with van der Waals surface area (Å²) in [5.41, 5.74) is 1.92. The van der Waals surface area contributed by atoms with Gasteiger partial charge in [-0.2, -0.15) is 0 Å². The Kier molecular flexibility index (Phi) is 6.19. The van der Waals surface area contributed by atoms with E-state index in [9.17, 15) is 8.42 Å². The zero-order valence-electron chi connectivity index (χ0n) is 17.7. The first kappa shape index (κ1) is 21.3. The molecule has 4 rings (SSSR count). The third-order valence-electron chi connectivity index (χ3n) is 5.25. The lowest BCUT2D eigenvalue weighted by Crippen LogP contribution is -2.46. The molecule has 31 heavy (non-hydrogen) atoms. The van der Waals surface area contributed by atoms with Crippen molar-refractivity contribution in [3.63, 3.8) is 0 Å². The number of para-hydroxylation sites is 1. The Morgan fingerprint density at radius 3 is 2.45 bits per heavy atom. The summed E-state index contributed by atoms with van der Waals surface area (Å²) in [6.45, 7) is 7.36. The molecule has 3 aromatic rings. The average molecular weight is 442 g/mol. The zero-order chi connectivity index (χ0) is 21.8. The lowest BCUT2D eigenvalue weighted by molar-refractivity contribution is 0.246. The van der Waals surface area contributed by atoms with Gasteiger partial charge in [-0.15, -0.1) is 5.10 Å². The van der Waals surface area contributed by atoms with Crippen LogP contribution in [-0.4, -0.2) is 64.7 Å². The maximum absolute atomic E-state index is 12.1. The van der Waals surface area contributed by atoms with Gasteiger partial charge < -0.3 is 4.90 Å². The van der Waals surface area contributed by atoms with Crippen LogP contribution < -0.4 is 9.62 Å². The molecule has 0 radical (unpaired) electrons. The molecule has 0 saturated carbocycles. The summed E-state index contributed by atoms with van der Waals surface area (Å²) >= 11 is 0. The van der Waals surface area contributed by atoms with E-state index in [2.05, 4.69) is 29.8 Å². The van der Waals surface area contributed by atoms with Crippen molar-refractivity contribution < 1.29 is 8.42 Å². The van der Waals surface area contributed by atoms with Gasteiger partial charge in [0.2, 0.25) is 10.0 Å². The Balaban J connectivity index is 1.34. The minimum absolute atomic E-state index is 0.353. The molecule has 164 valence electrons. The fraction of sp³-hybridized carbons (Fsp3) is 0.381. The molecule has 0 atom stereocenters. The van der Waals surface area contributed by atoms with E-state index in [1.54, 1.807) is 24.6 Å². The fourth-order valence-electron chi connectivity index (χ4n) is 3.36. The van der Waals surface area contributed by atoms with Gasteiger partial charge in [-0.25, -0.2) is 18.1 Å². The molecule has 0 unspecified atom stereocenters. The van der Waals surface area contributed by atoms with Crippen LogP contribution in [0.5, 0.6) is 0 Å². The molecular formula is C21H27N7O2S. The fourth-order valence-corrected chi connectivity index (χ4v) is 4.00. The number of benzene rings is 1. The molecule has 1 saturated heterocycles. The molecule has 0 amide bonds. The Hall–Kier alpha value is -2.98. The summed E-state index contributed by atoms with van der Waals surface area (Å²) in [5.74, 6) is 1.13. The van der Waals surface area contributed by atoms with E-state index >= 15 is 0 Å². The number of sulfonamides is 1. The van der Waals surface area contributed by atoms with Gasteiger partial charge in [0.05, 0.1) is 22.8 Å². The van der Waals surface area contributed by atoms with E-state index in [-0.39, 0.29) is 0 Å². The maximum atomic E-state index is 12.1. The van der Waals surface area contributed by atoms with E-state index in [0.29, 0.717) is 5.82 Å². The van der Waals surface area contributed by atoms with Gasteiger partial charge in [0.25, 0.3) is 0 Å². The molecule has 0 spiro atoms. The van der Waals surface area contributed by atoms with Crippen molar-refractivity contribution in [2.75, 3.05) is 35.8 Å². The Bertz CT molecular complexity index is 1110. The van der Waals surface area contributed by atoms with Crippen LogP contribution in [0.15, 0.2) is 54.7 Å². The van der Waals surface area contributed by atoms with Gasteiger partial charge in [-0.1, -0.05) is 29.5 Å². The van der Waals surface area contributed by atoms with Crippen LogP contribution in [0, 0.1) is 0 Å². The molecular weight excluding hydrogens is 414 g/mol. The number of pyridine rings is 1. The molecule has 1 aromatic carbocycles. The number of rotatable bonds is 7. The quantitative estimate of drug-likeness (QED) is 0.600. The second kappa shape index (κ2) is 9.03. The molecule has 1 aliphatic rings. The summed E-state index contributed by atoms with van der Waals surface area (Å²) in [4.78, 5) is 9.01. The third-order valence-corrected chi connectivity index (χ3v) is 6.98. The van der Waals surface area contributed by atoms with Crippen molar-refractivity contribution in [1.29, 1.82) is 0 Å².